The van der Waals surface area contributed by atoms with Gasteiger partial charge in [0.05, 0.1) is 12.8 Å². The molecule has 0 aliphatic carbocycles. The molecule has 1 N–H and O–H groups in total. The molecule has 1 aromatic heterocycles. The summed E-state index contributed by atoms with van der Waals surface area (Å²) < 4.78 is 1.61. The van der Waals surface area contributed by atoms with E-state index < -0.39 is 5.97 Å². The Morgan fingerprint density at radius 1 is 1.26 bits per heavy atom. The number of hydrogen-bond acceptors (Lipinski definition) is 5. The Morgan fingerprint density at radius 3 is 2.70 bits per heavy atom. The largest absolute Gasteiger partial charge is 0.481 e. The van der Waals surface area contributed by atoms with Gasteiger partial charge >= 0.3 is 5.97 Å². The van der Waals surface area contributed by atoms with Crippen LogP contribution in [0.1, 0.15) is 17.8 Å². The highest BCUT2D eigenvalue weighted by Crippen LogP contribution is 2.04. The van der Waals surface area contributed by atoms with Gasteiger partial charge in [-0.25, -0.2) is 4.68 Å². The average Bonchev–Trinajstić information content (AvgIpc) is 2.98. The number of tetrazole rings is 1. The molecule has 1 heterocycles. The first kappa shape index (κ1) is 16.6. The fourth-order valence-electron chi connectivity index (χ4n) is 2.06. The van der Waals surface area contributed by atoms with E-state index in [1.165, 1.54) is 10.5 Å². The van der Waals surface area contributed by atoms with Crippen LogP contribution >= 0.6 is 0 Å². The van der Waals surface area contributed by atoms with Gasteiger partial charge in [-0.3, -0.25) is 9.59 Å². The van der Waals surface area contributed by atoms with Crippen molar-refractivity contribution in [2.45, 2.75) is 25.8 Å². The Bertz CT molecular complexity index is 656. The van der Waals surface area contributed by atoms with E-state index in [-0.39, 0.29) is 25.3 Å². The van der Waals surface area contributed by atoms with E-state index in [1.54, 1.807) is 11.7 Å². The SMILES string of the molecule is CN(CCC(=O)O)C(=O)Cc1nnnn1CCc1ccccc1. The number of benzene rings is 1. The van der Waals surface area contributed by atoms with Gasteiger partial charge in [-0.1, -0.05) is 30.3 Å². The van der Waals surface area contributed by atoms with Crippen molar-refractivity contribution in [3.63, 3.8) is 0 Å². The molecular weight excluding hydrogens is 298 g/mol. The molecule has 2 aromatic rings. The minimum atomic E-state index is -0.933. The summed E-state index contributed by atoms with van der Waals surface area (Å²) in [5, 5.41) is 20.1. The molecule has 0 aliphatic rings. The zero-order valence-electron chi connectivity index (χ0n) is 12.9. The molecule has 8 heteroatoms. The van der Waals surface area contributed by atoms with Gasteiger partial charge in [0.2, 0.25) is 5.91 Å². The molecule has 0 unspecified atom stereocenters. The number of aromatic nitrogens is 4. The Labute approximate surface area is 133 Å². The molecule has 0 spiro atoms. The average molecular weight is 317 g/mol. The predicted octanol–water partition coefficient (Wildman–Crippen LogP) is 0.391. The van der Waals surface area contributed by atoms with Crippen molar-refractivity contribution in [1.29, 1.82) is 0 Å². The first-order chi connectivity index (χ1) is 11.1. The molecule has 23 heavy (non-hydrogen) atoms. The van der Waals surface area contributed by atoms with Crippen molar-refractivity contribution < 1.29 is 14.7 Å². The molecule has 1 amide bonds. The maximum Gasteiger partial charge on any atom is 0.305 e. The van der Waals surface area contributed by atoms with E-state index >= 15 is 0 Å². The lowest BCUT2D eigenvalue weighted by Crippen LogP contribution is -2.31. The topological polar surface area (TPSA) is 101 Å². The lowest BCUT2D eigenvalue weighted by atomic mass is 10.1. The maximum absolute atomic E-state index is 12.1. The van der Waals surface area contributed by atoms with Gasteiger partial charge in [0.15, 0.2) is 5.82 Å². The normalized spacial score (nSPS) is 10.5. The number of likely N-dealkylation sites (N-methyl/N-ethyl adjacent to an activating group) is 1. The molecule has 0 bridgehead atoms. The number of rotatable bonds is 8. The molecule has 0 radical (unpaired) electrons. The molecule has 0 saturated carbocycles. The highest BCUT2D eigenvalue weighted by atomic mass is 16.4. The van der Waals surface area contributed by atoms with Crippen molar-refractivity contribution >= 4 is 11.9 Å². The predicted molar refractivity (Wildman–Crippen MR) is 81.6 cm³/mol. The highest BCUT2D eigenvalue weighted by Gasteiger charge is 2.15. The third-order valence-electron chi connectivity index (χ3n) is 3.46. The summed E-state index contributed by atoms with van der Waals surface area (Å²) in [4.78, 5) is 24.0. The van der Waals surface area contributed by atoms with Gasteiger partial charge in [-0.2, -0.15) is 0 Å². The Morgan fingerprint density at radius 2 is 2.00 bits per heavy atom. The monoisotopic (exact) mass is 317 g/mol. The quantitative estimate of drug-likeness (QED) is 0.756. The third kappa shape index (κ3) is 5.17. The van der Waals surface area contributed by atoms with Gasteiger partial charge in [-0.05, 0) is 22.4 Å². The second-order valence-corrected chi connectivity index (χ2v) is 5.19. The standard InChI is InChI=1S/C15H19N5O3/c1-19(9-8-15(22)23)14(21)11-13-16-17-18-20(13)10-7-12-5-3-2-4-6-12/h2-6H,7-11H2,1H3,(H,22,23). The van der Waals surface area contributed by atoms with Crippen molar-refractivity contribution in [2.75, 3.05) is 13.6 Å². The lowest BCUT2D eigenvalue weighted by Gasteiger charge is -2.15. The molecule has 2 rings (SSSR count). The fraction of sp³-hybridized carbons (Fsp3) is 0.400. The van der Waals surface area contributed by atoms with Crippen LogP contribution in [0.4, 0.5) is 0 Å². The van der Waals surface area contributed by atoms with Crippen molar-refractivity contribution in [1.82, 2.24) is 25.1 Å². The Kier molecular flexibility index (Phi) is 5.79. The van der Waals surface area contributed by atoms with Crippen LogP contribution in [-0.4, -0.2) is 55.7 Å². The van der Waals surface area contributed by atoms with E-state index in [2.05, 4.69) is 15.5 Å². The number of nitrogens with zero attached hydrogens (tertiary/aromatic N) is 5. The first-order valence-electron chi connectivity index (χ1n) is 7.31. The minimum Gasteiger partial charge on any atom is -0.481 e. The second kappa shape index (κ2) is 8.02. The number of carboxylic acids is 1. The van der Waals surface area contributed by atoms with Crippen LogP contribution in [0.5, 0.6) is 0 Å². The van der Waals surface area contributed by atoms with Gasteiger partial charge in [0, 0.05) is 20.1 Å². The zero-order valence-corrected chi connectivity index (χ0v) is 12.9. The van der Waals surface area contributed by atoms with Gasteiger partial charge in [0.1, 0.15) is 0 Å². The van der Waals surface area contributed by atoms with Gasteiger partial charge in [0.25, 0.3) is 0 Å². The van der Waals surface area contributed by atoms with Crippen LogP contribution in [0.15, 0.2) is 30.3 Å². The number of carboxylic acid groups (broad SMARTS) is 1. The Hall–Kier alpha value is -2.77. The number of amides is 1. The molecule has 8 nitrogen and oxygen atoms in total. The summed E-state index contributed by atoms with van der Waals surface area (Å²) in [5.41, 5.74) is 1.17. The lowest BCUT2D eigenvalue weighted by molar-refractivity contribution is -0.138. The highest BCUT2D eigenvalue weighted by molar-refractivity contribution is 5.78. The van der Waals surface area contributed by atoms with Crippen molar-refractivity contribution in [3.8, 4) is 0 Å². The summed E-state index contributed by atoms with van der Waals surface area (Å²) >= 11 is 0. The van der Waals surface area contributed by atoms with E-state index in [0.29, 0.717) is 12.4 Å². The van der Waals surface area contributed by atoms with E-state index in [4.69, 9.17) is 5.11 Å². The van der Waals surface area contributed by atoms with Crippen molar-refractivity contribution in [3.05, 3.63) is 41.7 Å². The van der Waals surface area contributed by atoms with Crippen LogP contribution in [0.3, 0.4) is 0 Å². The van der Waals surface area contributed by atoms with E-state index in [1.807, 2.05) is 30.3 Å². The van der Waals surface area contributed by atoms with Crippen LogP contribution in [0.25, 0.3) is 0 Å². The molecular formula is C15H19N5O3. The summed E-state index contributed by atoms with van der Waals surface area (Å²) in [6.07, 6.45) is 0.737. The van der Waals surface area contributed by atoms with Crippen LogP contribution in [-0.2, 0) is 29.0 Å². The molecule has 0 saturated heterocycles. The van der Waals surface area contributed by atoms with Crippen molar-refractivity contribution in [2.24, 2.45) is 0 Å². The minimum absolute atomic E-state index is 0.0535. The number of carbonyl (C=O) groups excluding carboxylic acids is 1. The smallest absolute Gasteiger partial charge is 0.305 e. The van der Waals surface area contributed by atoms with E-state index in [9.17, 15) is 9.59 Å². The number of carbonyl (C=O) groups is 2. The summed E-state index contributed by atoms with van der Waals surface area (Å²) in [7, 11) is 1.57. The molecule has 0 atom stereocenters. The molecule has 1 aromatic carbocycles. The second-order valence-electron chi connectivity index (χ2n) is 5.19. The number of aliphatic carboxylic acids is 1. The zero-order chi connectivity index (χ0) is 16.7. The maximum atomic E-state index is 12.1. The van der Waals surface area contributed by atoms with E-state index in [0.717, 1.165) is 6.42 Å². The summed E-state index contributed by atoms with van der Waals surface area (Å²) in [6, 6.07) is 9.94. The number of hydrogen-bond donors (Lipinski definition) is 1. The van der Waals surface area contributed by atoms with Crippen LogP contribution in [0, 0.1) is 0 Å². The fourth-order valence-corrected chi connectivity index (χ4v) is 2.06. The molecule has 122 valence electrons. The van der Waals surface area contributed by atoms with Crippen LogP contribution in [0.2, 0.25) is 0 Å². The first-order valence-corrected chi connectivity index (χ1v) is 7.31. The summed E-state index contributed by atoms with van der Waals surface area (Å²) in [6.45, 7) is 0.748. The van der Waals surface area contributed by atoms with Crippen LogP contribution < -0.4 is 0 Å². The molecule has 0 fully saturated rings. The van der Waals surface area contributed by atoms with Gasteiger partial charge in [-0.15, -0.1) is 5.10 Å². The third-order valence-corrected chi connectivity index (χ3v) is 3.46. The number of aryl methyl sites for hydroxylation is 2. The summed E-state index contributed by atoms with van der Waals surface area (Å²) in [5.74, 6) is -0.660. The molecule has 0 aliphatic heterocycles. The Balaban J connectivity index is 1.90. The van der Waals surface area contributed by atoms with Gasteiger partial charge < -0.3 is 10.0 Å².